The Hall–Kier alpha value is -1.10. The highest BCUT2D eigenvalue weighted by atomic mass is 16.4. The molecule has 1 aliphatic carbocycles. The van der Waals surface area contributed by atoms with Crippen LogP contribution < -0.4 is 5.32 Å². The van der Waals surface area contributed by atoms with E-state index in [-0.39, 0.29) is 18.9 Å². The van der Waals surface area contributed by atoms with E-state index in [2.05, 4.69) is 5.32 Å². The van der Waals surface area contributed by atoms with Gasteiger partial charge in [0, 0.05) is 6.42 Å². The van der Waals surface area contributed by atoms with Crippen LogP contribution in [-0.4, -0.2) is 34.2 Å². The lowest BCUT2D eigenvalue weighted by molar-refractivity contribution is -0.151. The lowest BCUT2D eigenvalue weighted by atomic mass is 9.82. The first-order valence-electron chi connectivity index (χ1n) is 7.09. The Morgan fingerprint density at radius 2 is 1.74 bits per heavy atom. The third-order valence-corrected chi connectivity index (χ3v) is 4.57. The highest BCUT2D eigenvalue weighted by Crippen LogP contribution is 2.41. The average molecular weight is 271 g/mol. The third kappa shape index (κ3) is 3.47. The fourth-order valence-electron chi connectivity index (χ4n) is 2.86. The van der Waals surface area contributed by atoms with Gasteiger partial charge in [-0.1, -0.05) is 26.7 Å². The van der Waals surface area contributed by atoms with E-state index in [1.807, 2.05) is 13.8 Å². The van der Waals surface area contributed by atoms with Crippen LogP contribution in [0, 0.1) is 5.41 Å². The van der Waals surface area contributed by atoms with Crippen molar-refractivity contribution in [2.45, 2.75) is 64.3 Å². The van der Waals surface area contributed by atoms with Crippen molar-refractivity contribution in [3.8, 4) is 0 Å². The van der Waals surface area contributed by atoms with Gasteiger partial charge < -0.3 is 15.5 Å². The summed E-state index contributed by atoms with van der Waals surface area (Å²) in [5, 5.41) is 21.6. The summed E-state index contributed by atoms with van der Waals surface area (Å²) in [5.41, 5.74) is -1.51. The first kappa shape index (κ1) is 16.0. The highest BCUT2D eigenvalue weighted by molar-refractivity contribution is 5.85. The summed E-state index contributed by atoms with van der Waals surface area (Å²) >= 11 is 0. The molecule has 5 heteroatoms. The van der Waals surface area contributed by atoms with Gasteiger partial charge in [0.05, 0.1) is 17.6 Å². The van der Waals surface area contributed by atoms with Gasteiger partial charge in [0.15, 0.2) is 0 Å². The topological polar surface area (TPSA) is 86.6 Å². The molecule has 1 amide bonds. The maximum atomic E-state index is 12.1. The van der Waals surface area contributed by atoms with Gasteiger partial charge in [0.25, 0.3) is 0 Å². The minimum Gasteiger partial charge on any atom is -0.481 e. The number of aliphatic hydroxyl groups is 1. The van der Waals surface area contributed by atoms with Crippen molar-refractivity contribution in [1.29, 1.82) is 0 Å². The van der Waals surface area contributed by atoms with Crippen LogP contribution in [0.25, 0.3) is 0 Å². The van der Waals surface area contributed by atoms with Crippen molar-refractivity contribution in [3.63, 3.8) is 0 Å². The van der Waals surface area contributed by atoms with E-state index in [9.17, 15) is 19.8 Å². The predicted octanol–water partition coefficient (Wildman–Crippen LogP) is 1.69. The fourth-order valence-corrected chi connectivity index (χ4v) is 2.86. The van der Waals surface area contributed by atoms with E-state index >= 15 is 0 Å². The molecule has 0 radical (unpaired) electrons. The van der Waals surface area contributed by atoms with Crippen LogP contribution >= 0.6 is 0 Å². The van der Waals surface area contributed by atoms with E-state index in [4.69, 9.17) is 0 Å². The SMILES string of the molecule is CCC(CC)(CO)NC(=O)CC1(C(=O)O)CCCC1. The van der Waals surface area contributed by atoms with Crippen LogP contribution in [0.1, 0.15) is 58.8 Å². The van der Waals surface area contributed by atoms with Gasteiger partial charge in [0.1, 0.15) is 0 Å². The molecule has 1 saturated carbocycles. The summed E-state index contributed by atoms with van der Waals surface area (Å²) in [7, 11) is 0. The molecule has 1 rings (SSSR count). The van der Waals surface area contributed by atoms with Gasteiger partial charge in [0.2, 0.25) is 5.91 Å². The largest absolute Gasteiger partial charge is 0.481 e. The number of aliphatic hydroxyl groups excluding tert-OH is 1. The minimum atomic E-state index is -0.896. The molecular formula is C14H25NO4. The van der Waals surface area contributed by atoms with Gasteiger partial charge >= 0.3 is 5.97 Å². The standard InChI is InChI=1S/C14H25NO4/c1-3-14(4-2,10-16)15-11(17)9-13(12(18)19)7-5-6-8-13/h16H,3-10H2,1-2H3,(H,15,17)(H,18,19). The van der Waals surface area contributed by atoms with Crippen molar-refractivity contribution < 1.29 is 19.8 Å². The lowest BCUT2D eigenvalue weighted by Crippen LogP contribution is -2.51. The molecule has 0 aromatic rings. The molecule has 0 aromatic carbocycles. The molecule has 0 aliphatic heterocycles. The van der Waals surface area contributed by atoms with E-state index in [0.29, 0.717) is 25.7 Å². The summed E-state index contributed by atoms with van der Waals surface area (Å²) in [4.78, 5) is 23.5. The molecule has 19 heavy (non-hydrogen) atoms. The summed E-state index contributed by atoms with van der Waals surface area (Å²) in [6.07, 6.45) is 4.15. The molecule has 0 heterocycles. The number of aliphatic carboxylic acids is 1. The summed E-state index contributed by atoms with van der Waals surface area (Å²) in [6.45, 7) is 3.69. The molecule has 1 aliphatic rings. The van der Waals surface area contributed by atoms with Crippen molar-refractivity contribution in [2.24, 2.45) is 5.41 Å². The fraction of sp³-hybridized carbons (Fsp3) is 0.857. The van der Waals surface area contributed by atoms with E-state index in [1.165, 1.54) is 0 Å². The lowest BCUT2D eigenvalue weighted by Gasteiger charge is -2.32. The van der Waals surface area contributed by atoms with Crippen molar-refractivity contribution >= 4 is 11.9 Å². The second kappa shape index (κ2) is 6.37. The predicted molar refractivity (Wildman–Crippen MR) is 71.7 cm³/mol. The number of hydrogen-bond acceptors (Lipinski definition) is 3. The molecule has 0 bridgehead atoms. The van der Waals surface area contributed by atoms with Gasteiger partial charge in [-0.25, -0.2) is 0 Å². The number of rotatable bonds is 7. The Balaban J connectivity index is 2.71. The zero-order valence-electron chi connectivity index (χ0n) is 11.9. The van der Waals surface area contributed by atoms with Crippen molar-refractivity contribution in [1.82, 2.24) is 5.32 Å². The third-order valence-electron chi connectivity index (χ3n) is 4.57. The number of nitrogens with one attached hydrogen (secondary N) is 1. The Morgan fingerprint density at radius 3 is 2.11 bits per heavy atom. The molecule has 3 N–H and O–H groups in total. The second-order valence-corrected chi connectivity index (χ2v) is 5.66. The maximum absolute atomic E-state index is 12.1. The number of amides is 1. The van der Waals surface area contributed by atoms with Crippen LogP contribution in [0.3, 0.4) is 0 Å². The number of carboxylic acids is 1. The molecule has 110 valence electrons. The van der Waals surface area contributed by atoms with Crippen LogP contribution in [0.5, 0.6) is 0 Å². The Labute approximate surface area is 114 Å². The maximum Gasteiger partial charge on any atom is 0.310 e. The van der Waals surface area contributed by atoms with Gasteiger partial charge in [-0.2, -0.15) is 0 Å². The number of carboxylic acid groups (broad SMARTS) is 1. The van der Waals surface area contributed by atoms with Crippen LogP contribution in [0.15, 0.2) is 0 Å². The molecule has 5 nitrogen and oxygen atoms in total. The van der Waals surface area contributed by atoms with Crippen molar-refractivity contribution in [2.75, 3.05) is 6.61 Å². The zero-order chi connectivity index (χ0) is 14.5. The van der Waals surface area contributed by atoms with E-state index < -0.39 is 16.9 Å². The zero-order valence-corrected chi connectivity index (χ0v) is 11.9. The normalized spacial score (nSPS) is 18.3. The first-order chi connectivity index (χ1) is 8.93. The Kier molecular flexibility index (Phi) is 5.35. The molecule has 1 fully saturated rings. The molecule has 0 saturated heterocycles. The first-order valence-corrected chi connectivity index (χ1v) is 7.09. The van der Waals surface area contributed by atoms with Gasteiger partial charge in [-0.05, 0) is 25.7 Å². The Morgan fingerprint density at radius 1 is 1.21 bits per heavy atom. The minimum absolute atomic E-state index is 0.0179. The average Bonchev–Trinajstić information content (AvgIpc) is 2.86. The van der Waals surface area contributed by atoms with Crippen LogP contribution in [0.2, 0.25) is 0 Å². The number of carbonyl (C=O) groups is 2. The highest BCUT2D eigenvalue weighted by Gasteiger charge is 2.43. The molecule has 0 aromatic heterocycles. The van der Waals surface area contributed by atoms with Crippen LogP contribution in [-0.2, 0) is 9.59 Å². The quantitative estimate of drug-likeness (QED) is 0.657. The molecule has 0 unspecified atom stereocenters. The van der Waals surface area contributed by atoms with Crippen LogP contribution in [0.4, 0.5) is 0 Å². The van der Waals surface area contributed by atoms with E-state index in [1.54, 1.807) is 0 Å². The number of hydrogen-bond donors (Lipinski definition) is 3. The van der Waals surface area contributed by atoms with Crippen molar-refractivity contribution in [3.05, 3.63) is 0 Å². The molecule has 0 atom stereocenters. The molecular weight excluding hydrogens is 246 g/mol. The smallest absolute Gasteiger partial charge is 0.310 e. The summed E-state index contributed by atoms with van der Waals surface area (Å²) in [6, 6.07) is 0. The monoisotopic (exact) mass is 271 g/mol. The summed E-state index contributed by atoms with van der Waals surface area (Å²) in [5.74, 6) is -1.13. The second-order valence-electron chi connectivity index (χ2n) is 5.66. The van der Waals surface area contributed by atoms with Gasteiger partial charge in [-0.3, -0.25) is 9.59 Å². The Bertz CT molecular complexity index is 322. The van der Waals surface area contributed by atoms with E-state index in [0.717, 1.165) is 12.8 Å². The molecule has 0 spiro atoms. The van der Waals surface area contributed by atoms with Gasteiger partial charge in [-0.15, -0.1) is 0 Å². The summed E-state index contributed by atoms with van der Waals surface area (Å²) < 4.78 is 0. The number of carbonyl (C=O) groups excluding carboxylic acids is 1.